The highest BCUT2D eigenvalue weighted by Gasteiger charge is 2.14. The zero-order chi connectivity index (χ0) is 21.8. The Balaban J connectivity index is 1.85. The second-order valence-electron chi connectivity index (χ2n) is 7.40. The molecular weight excluding hydrogens is 400 g/mol. The zero-order valence-corrected chi connectivity index (χ0v) is 19.0. The van der Waals surface area contributed by atoms with Gasteiger partial charge in [0.15, 0.2) is 18.1 Å². The molecule has 2 aromatic carbocycles. The number of ether oxygens (including phenoxy) is 2. The molecule has 0 spiro atoms. The number of methoxy groups -OCH3 is 1. The number of anilines is 1. The summed E-state index contributed by atoms with van der Waals surface area (Å²) in [5.74, 6) is 0.637. The van der Waals surface area contributed by atoms with Gasteiger partial charge in [-0.1, -0.05) is 61.9 Å². The molecule has 0 saturated heterocycles. The molecule has 0 unspecified atom stereocenters. The van der Waals surface area contributed by atoms with Crippen LogP contribution in [0, 0.1) is 6.92 Å². The fraction of sp³-hybridized carbons (Fsp3) is 0.458. The average Bonchev–Trinajstić information content (AvgIpc) is 2.73. The van der Waals surface area contributed by atoms with Gasteiger partial charge in [0.05, 0.1) is 12.1 Å². The van der Waals surface area contributed by atoms with Crippen LogP contribution in [0.15, 0.2) is 36.4 Å². The Labute approximate surface area is 185 Å². The van der Waals surface area contributed by atoms with E-state index in [2.05, 4.69) is 17.6 Å². The summed E-state index contributed by atoms with van der Waals surface area (Å²) < 4.78 is 11.1. The van der Waals surface area contributed by atoms with Crippen molar-refractivity contribution in [3.8, 4) is 11.5 Å². The number of halogens is 1. The fourth-order valence-electron chi connectivity index (χ4n) is 3.07. The summed E-state index contributed by atoms with van der Waals surface area (Å²) in [7, 11) is 1.57. The predicted octanol–water partition coefficient (Wildman–Crippen LogP) is 5.73. The number of hydrogen-bond donors (Lipinski definition) is 2. The van der Waals surface area contributed by atoms with Gasteiger partial charge in [0.1, 0.15) is 0 Å². The summed E-state index contributed by atoms with van der Waals surface area (Å²) in [4.78, 5) is 12.2. The van der Waals surface area contributed by atoms with E-state index in [1.807, 2.05) is 43.3 Å². The van der Waals surface area contributed by atoms with E-state index in [0.29, 0.717) is 23.1 Å². The van der Waals surface area contributed by atoms with Crippen molar-refractivity contribution < 1.29 is 14.3 Å². The lowest BCUT2D eigenvalue weighted by atomic mass is 10.1. The zero-order valence-electron chi connectivity index (χ0n) is 18.2. The number of hydrogen-bond acceptors (Lipinski definition) is 4. The van der Waals surface area contributed by atoms with Crippen LogP contribution in [-0.2, 0) is 11.3 Å². The first-order valence-corrected chi connectivity index (χ1v) is 11.0. The van der Waals surface area contributed by atoms with E-state index in [9.17, 15) is 4.79 Å². The van der Waals surface area contributed by atoms with E-state index in [-0.39, 0.29) is 12.5 Å². The lowest BCUT2D eigenvalue weighted by Crippen LogP contribution is -2.20. The Hall–Kier alpha value is -2.24. The molecule has 0 bridgehead atoms. The molecule has 2 N–H and O–H groups in total. The molecule has 2 rings (SSSR count). The lowest BCUT2D eigenvalue weighted by molar-refractivity contribution is -0.118. The summed E-state index contributed by atoms with van der Waals surface area (Å²) in [6, 6.07) is 11.3. The van der Waals surface area contributed by atoms with Crippen molar-refractivity contribution in [3.63, 3.8) is 0 Å². The summed E-state index contributed by atoms with van der Waals surface area (Å²) >= 11 is 6.41. The number of aryl methyl sites for hydroxylation is 1. The van der Waals surface area contributed by atoms with Crippen molar-refractivity contribution in [3.05, 3.63) is 52.5 Å². The van der Waals surface area contributed by atoms with Crippen LogP contribution in [0.4, 0.5) is 5.69 Å². The quantitative estimate of drug-likeness (QED) is 0.396. The largest absolute Gasteiger partial charge is 0.493 e. The van der Waals surface area contributed by atoms with Crippen molar-refractivity contribution >= 4 is 23.2 Å². The van der Waals surface area contributed by atoms with Gasteiger partial charge >= 0.3 is 0 Å². The van der Waals surface area contributed by atoms with Crippen LogP contribution in [-0.4, -0.2) is 26.2 Å². The summed E-state index contributed by atoms with van der Waals surface area (Å²) in [5, 5.41) is 6.67. The standard InChI is InChI=1S/C24H33ClN2O3/c1-4-5-6-7-8-13-26-16-19-14-21(25)24(22(15-19)29-3)30-17-23(28)27-20-11-9-18(2)10-12-20/h9-12,14-15,26H,4-8,13,16-17H2,1-3H3,(H,27,28). The minimum absolute atomic E-state index is 0.153. The monoisotopic (exact) mass is 432 g/mol. The fourth-order valence-corrected chi connectivity index (χ4v) is 3.36. The minimum atomic E-state index is -0.259. The first-order valence-electron chi connectivity index (χ1n) is 10.6. The maximum absolute atomic E-state index is 12.2. The maximum Gasteiger partial charge on any atom is 0.262 e. The Morgan fingerprint density at radius 2 is 1.80 bits per heavy atom. The first kappa shape index (κ1) is 24.0. The third-order valence-electron chi connectivity index (χ3n) is 4.76. The Morgan fingerprint density at radius 1 is 1.07 bits per heavy atom. The van der Waals surface area contributed by atoms with Gasteiger partial charge in [0, 0.05) is 12.2 Å². The molecule has 1 amide bonds. The highest BCUT2D eigenvalue weighted by molar-refractivity contribution is 6.32. The molecule has 0 aliphatic heterocycles. The van der Waals surface area contributed by atoms with Crippen LogP contribution in [0.5, 0.6) is 11.5 Å². The van der Waals surface area contributed by atoms with Crippen LogP contribution in [0.25, 0.3) is 0 Å². The van der Waals surface area contributed by atoms with Gasteiger partial charge in [-0.15, -0.1) is 0 Å². The summed E-state index contributed by atoms with van der Waals surface area (Å²) in [5.41, 5.74) is 2.87. The summed E-state index contributed by atoms with van der Waals surface area (Å²) in [6.45, 7) is 5.74. The van der Waals surface area contributed by atoms with Crippen molar-refractivity contribution in [1.82, 2.24) is 5.32 Å². The van der Waals surface area contributed by atoms with Crippen LogP contribution in [0.3, 0.4) is 0 Å². The molecule has 0 aliphatic carbocycles. The van der Waals surface area contributed by atoms with Crippen LogP contribution in [0.2, 0.25) is 5.02 Å². The predicted molar refractivity (Wildman–Crippen MR) is 124 cm³/mol. The van der Waals surface area contributed by atoms with Gasteiger partial charge in [0.25, 0.3) is 5.91 Å². The number of carbonyl (C=O) groups excluding carboxylic acids is 1. The number of rotatable bonds is 13. The second kappa shape index (κ2) is 13.1. The van der Waals surface area contributed by atoms with Gasteiger partial charge < -0.3 is 20.1 Å². The highest BCUT2D eigenvalue weighted by Crippen LogP contribution is 2.36. The van der Waals surface area contributed by atoms with Crippen LogP contribution < -0.4 is 20.1 Å². The molecule has 0 atom stereocenters. The number of carbonyl (C=O) groups is 1. The smallest absolute Gasteiger partial charge is 0.262 e. The molecule has 0 heterocycles. The molecule has 0 aromatic heterocycles. The first-order chi connectivity index (χ1) is 14.5. The van der Waals surface area contributed by atoms with Crippen molar-refractivity contribution in [2.75, 3.05) is 25.6 Å². The Kier molecular flexibility index (Phi) is 10.5. The van der Waals surface area contributed by atoms with Crippen molar-refractivity contribution in [2.24, 2.45) is 0 Å². The van der Waals surface area contributed by atoms with Crippen LogP contribution >= 0.6 is 11.6 Å². The molecule has 0 fully saturated rings. The minimum Gasteiger partial charge on any atom is -0.493 e. The molecule has 164 valence electrons. The molecule has 5 nitrogen and oxygen atoms in total. The lowest BCUT2D eigenvalue weighted by Gasteiger charge is -2.14. The number of unbranched alkanes of at least 4 members (excludes halogenated alkanes) is 4. The molecular formula is C24H33ClN2O3. The van der Waals surface area contributed by atoms with E-state index >= 15 is 0 Å². The van der Waals surface area contributed by atoms with Gasteiger partial charge in [-0.25, -0.2) is 0 Å². The normalized spacial score (nSPS) is 10.7. The van der Waals surface area contributed by atoms with Gasteiger partial charge in [-0.3, -0.25) is 4.79 Å². The molecule has 2 aromatic rings. The van der Waals surface area contributed by atoms with Gasteiger partial charge in [0.2, 0.25) is 0 Å². The van der Waals surface area contributed by atoms with Gasteiger partial charge in [-0.2, -0.15) is 0 Å². The number of nitrogens with one attached hydrogen (secondary N) is 2. The number of amides is 1. The molecule has 0 aliphatic rings. The van der Waals surface area contributed by atoms with E-state index in [0.717, 1.165) is 23.4 Å². The molecule has 6 heteroatoms. The van der Waals surface area contributed by atoms with Crippen molar-refractivity contribution in [1.29, 1.82) is 0 Å². The Morgan fingerprint density at radius 3 is 2.50 bits per heavy atom. The van der Waals surface area contributed by atoms with Gasteiger partial charge in [-0.05, 0) is 49.7 Å². The highest BCUT2D eigenvalue weighted by atomic mass is 35.5. The van der Waals surface area contributed by atoms with Crippen LogP contribution in [0.1, 0.15) is 50.2 Å². The van der Waals surface area contributed by atoms with E-state index in [1.165, 1.54) is 32.1 Å². The maximum atomic E-state index is 12.2. The van der Waals surface area contributed by atoms with E-state index < -0.39 is 0 Å². The molecule has 0 radical (unpaired) electrons. The van der Waals surface area contributed by atoms with Crippen molar-refractivity contribution in [2.45, 2.75) is 52.5 Å². The summed E-state index contributed by atoms with van der Waals surface area (Å²) in [6.07, 6.45) is 6.27. The average molecular weight is 433 g/mol. The molecule has 30 heavy (non-hydrogen) atoms. The SMILES string of the molecule is CCCCCCCNCc1cc(Cl)c(OCC(=O)Nc2ccc(C)cc2)c(OC)c1. The van der Waals surface area contributed by atoms with E-state index in [4.69, 9.17) is 21.1 Å². The topological polar surface area (TPSA) is 59.6 Å². The number of benzene rings is 2. The van der Waals surface area contributed by atoms with E-state index in [1.54, 1.807) is 7.11 Å². The Bertz CT molecular complexity index is 794. The second-order valence-corrected chi connectivity index (χ2v) is 7.81. The third kappa shape index (κ3) is 8.25. The third-order valence-corrected chi connectivity index (χ3v) is 5.04. The molecule has 0 saturated carbocycles.